The molecular weight excluding hydrogens is 276 g/mol. The predicted molar refractivity (Wildman–Crippen MR) is 90.0 cm³/mol. The molecule has 0 aromatic carbocycles. The van der Waals surface area contributed by atoms with Gasteiger partial charge in [0.1, 0.15) is 5.60 Å². The lowest BCUT2D eigenvalue weighted by Gasteiger charge is -2.30. The molecule has 0 aromatic rings. The number of amides is 1. The van der Waals surface area contributed by atoms with Crippen LogP contribution in [0.5, 0.6) is 0 Å². The minimum Gasteiger partial charge on any atom is -0.444 e. The second-order valence-corrected chi connectivity index (χ2v) is 8.16. The first-order valence-electron chi connectivity index (χ1n) is 9.06. The molecule has 1 saturated carbocycles. The number of carbonyl (C=O) groups excluding carboxylic acids is 1. The van der Waals surface area contributed by atoms with Gasteiger partial charge in [-0.2, -0.15) is 0 Å². The van der Waals surface area contributed by atoms with Crippen LogP contribution >= 0.6 is 0 Å². The van der Waals surface area contributed by atoms with Crippen molar-refractivity contribution in [1.29, 1.82) is 0 Å². The van der Waals surface area contributed by atoms with Gasteiger partial charge in [-0.05, 0) is 65.7 Å². The number of carbonyl (C=O) groups is 1. The number of ether oxygens (including phenoxy) is 1. The fraction of sp³-hybridized carbons (Fsp3) is 0.944. The van der Waals surface area contributed by atoms with Crippen LogP contribution in [0, 0.1) is 5.92 Å². The lowest BCUT2D eigenvalue weighted by atomic mass is 10.1. The van der Waals surface area contributed by atoms with Crippen molar-refractivity contribution in [2.24, 2.45) is 5.92 Å². The number of nitrogens with one attached hydrogen (secondary N) is 1. The highest BCUT2D eigenvalue weighted by atomic mass is 16.6. The van der Waals surface area contributed by atoms with Crippen LogP contribution in [-0.2, 0) is 4.74 Å². The van der Waals surface area contributed by atoms with E-state index in [0.717, 1.165) is 31.7 Å². The van der Waals surface area contributed by atoms with Crippen molar-refractivity contribution in [3.05, 3.63) is 0 Å². The number of hydrogen-bond acceptors (Lipinski definition) is 3. The molecule has 1 aliphatic heterocycles. The van der Waals surface area contributed by atoms with Crippen LogP contribution in [0.2, 0.25) is 0 Å². The molecule has 2 rings (SSSR count). The molecule has 2 fully saturated rings. The summed E-state index contributed by atoms with van der Waals surface area (Å²) in [6.45, 7) is 11.2. The molecule has 4 nitrogen and oxygen atoms in total. The molecule has 1 saturated heterocycles. The molecule has 4 heteroatoms. The van der Waals surface area contributed by atoms with Crippen molar-refractivity contribution < 1.29 is 9.53 Å². The van der Waals surface area contributed by atoms with Gasteiger partial charge in [-0.25, -0.2) is 4.79 Å². The first-order valence-corrected chi connectivity index (χ1v) is 9.06. The maximum atomic E-state index is 12.3. The zero-order chi connectivity index (χ0) is 16.3. The predicted octanol–water partition coefficient (Wildman–Crippen LogP) is 3.94. The highest BCUT2D eigenvalue weighted by Crippen LogP contribution is 2.35. The zero-order valence-electron chi connectivity index (χ0n) is 15.0. The summed E-state index contributed by atoms with van der Waals surface area (Å²) in [5.41, 5.74) is -0.407. The van der Waals surface area contributed by atoms with Crippen molar-refractivity contribution in [3.8, 4) is 0 Å². The van der Waals surface area contributed by atoms with E-state index in [1.54, 1.807) is 0 Å². The second kappa shape index (κ2) is 7.20. The third-order valence-corrected chi connectivity index (χ3v) is 4.71. The van der Waals surface area contributed by atoms with Crippen molar-refractivity contribution >= 4 is 6.09 Å². The number of nitrogens with zero attached hydrogens (tertiary/aromatic N) is 1. The van der Waals surface area contributed by atoms with E-state index in [9.17, 15) is 4.79 Å². The summed E-state index contributed by atoms with van der Waals surface area (Å²) in [5.74, 6) is 0.887. The topological polar surface area (TPSA) is 41.6 Å². The van der Waals surface area contributed by atoms with Crippen molar-refractivity contribution in [2.45, 2.75) is 96.9 Å². The van der Waals surface area contributed by atoms with Crippen LogP contribution < -0.4 is 5.32 Å². The molecule has 1 heterocycles. The van der Waals surface area contributed by atoms with E-state index >= 15 is 0 Å². The van der Waals surface area contributed by atoms with Gasteiger partial charge in [0.15, 0.2) is 0 Å². The summed E-state index contributed by atoms with van der Waals surface area (Å²) >= 11 is 0. The maximum absolute atomic E-state index is 12.3. The fourth-order valence-corrected chi connectivity index (χ4v) is 3.62. The molecular formula is C18H34N2O2. The normalized spacial score (nSPS) is 29.5. The fourth-order valence-electron chi connectivity index (χ4n) is 3.62. The average Bonchev–Trinajstić information content (AvgIpc) is 2.93. The van der Waals surface area contributed by atoms with Gasteiger partial charge in [-0.15, -0.1) is 0 Å². The second-order valence-electron chi connectivity index (χ2n) is 8.16. The maximum Gasteiger partial charge on any atom is 0.410 e. The molecule has 22 heavy (non-hydrogen) atoms. The molecule has 0 spiro atoms. The van der Waals surface area contributed by atoms with Crippen molar-refractivity contribution in [1.82, 2.24) is 10.2 Å². The third-order valence-electron chi connectivity index (χ3n) is 4.71. The Morgan fingerprint density at radius 2 is 2.14 bits per heavy atom. The smallest absolute Gasteiger partial charge is 0.410 e. The summed E-state index contributed by atoms with van der Waals surface area (Å²) in [5, 5.41) is 3.74. The summed E-state index contributed by atoms with van der Waals surface area (Å²) in [6, 6.07) is 1.52. The van der Waals surface area contributed by atoms with Crippen LogP contribution in [-0.4, -0.2) is 41.3 Å². The Hall–Kier alpha value is -0.770. The lowest BCUT2D eigenvalue weighted by molar-refractivity contribution is 0.0214. The van der Waals surface area contributed by atoms with E-state index in [0.29, 0.717) is 18.1 Å². The van der Waals surface area contributed by atoms with Crippen molar-refractivity contribution in [3.63, 3.8) is 0 Å². The summed E-state index contributed by atoms with van der Waals surface area (Å²) in [4.78, 5) is 14.3. The van der Waals surface area contributed by atoms with Crippen LogP contribution in [0.15, 0.2) is 0 Å². The third kappa shape index (κ3) is 5.15. The quantitative estimate of drug-likeness (QED) is 0.808. The molecule has 0 aromatic heterocycles. The highest BCUT2D eigenvalue weighted by molar-refractivity contribution is 5.68. The monoisotopic (exact) mass is 310 g/mol. The largest absolute Gasteiger partial charge is 0.444 e. The highest BCUT2D eigenvalue weighted by Gasteiger charge is 2.38. The molecule has 0 bridgehead atoms. The van der Waals surface area contributed by atoms with Gasteiger partial charge in [0, 0.05) is 24.7 Å². The van der Waals surface area contributed by atoms with E-state index < -0.39 is 5.60 Å². The minimum atomic E-state index is -0.407. The summed E-state index contributed by atoms with van der Waals surface area (Å²) < 4.78 is 5.54. The summed E-state index contributed by atoms with van der Waals surface area (Å²) in [6.07, 6.45) is 7.06. The number of likely N-dealkylation sites (tertiary alicyclic amines) is 1. The average molecular weight is 310 g/mol. The van der Waals surface area contributed by atoms with Crippen LogP contribution in [0.25, 0.3) is 0 Å². The Bertz CT molecular complexity index is 378. The molecule has 4 atom stereocenters. The van der Waals surface area contributed by atoms with Crippen molar-refractivity contribution in [2.75, 3.05) is 6.54 Å². The first kappa shape index (κ1) is 17.6. The molecule has 2 aliphatic rings. The number of hydrogen-bond donors (Lipinski definition) is 1. The first-order chi connectivity index (χ1) is 10.3. The van der Waals surface area contributed by atoms with E-state index in [1.165, 1.54) is 19.3 Å². The molecule has 1 amide bonds. The van der Waals surface area contributed by atoms with Crippen LogP contribution in [0.4, 0.5) is 4.79 Å². The van der Waals surface area contributed by atoms with Gasteiger partial charge < -0.3 is 15.0 Å². The van der Waals surface area contributed by atoms with Gasteiger partial charge in [-0.1, -0.05) is 13.3 Å². The lowest BCUT2D eigenvalue weighted by Crippen LogP contribution is -2.43. The van der Waals surface area contributed by atoms with Gasteiger partial charge in [0.25, 0.3) is 0 Å². The van der Waals surface area contributed by atoms with Crippen LogP contribution in [0.1, 0.15) is 73.1 Å². The molecule has 4 unspecified atom stereocenters. The van der Waals surface area contributed by atoms with E-state index in [1.807, 2.05) is 25.7 Å². The molecule has 128 valence electrons. The van der Waals surface area contributed by atoms with E-state index in [-0.39, 0.29) is 6.09 Å². The Kier molecular flexibility index (Phi) is 5.76. The molecule has 1 N–H and O–H groups in total. The Morgan fingerprint density at radius 3 is 2.77 bits per heavy atom. The van der Waals surface area contributed by atoms with E-state index in [2.05, 4.69) is 19.2 Å². The molecule has 0 radical (unpaired) electrons. The summed E-state index contributed by atoms with van der Waals surface area (Å²) in [7, 11) is 0. The van der Waals surface area contributed by atoms with Gasteiger partial charge in [-0.3, -0.25) is 0 Å². The standard InChI is InChI=1S/C18H34N2O2/c1-6-8-14-12-16(14)19-13(2)11-15-9-7-10-20(15)17(21)22-18(3,4)5/h13-16,19H,6-12H2,1-5H3. The minimum absolute atomic E-state index is 0.141. The zero-order valence-corrected chi connectivity index (χ0v) is 15.0. The van der Waals surface area contributed by atoms with E-state index in [4.69, 9.17) is 4.74 Å². The Balaban J connectivity index is 1.77. The Labute approximate surface area is 136 Å². The molecule has 1 aliphatic carbocycles. The SMILES string of the molecule is CCCC1CC1NC(C)CC1CCCN1C(=O)OC(C)(C)C. The van der Waals surface area contributed by atoms with Gasteiger partial charge in [0.2, 0.25) is 0 Å². The van der Waals surface area contributed by atoms with Crippen LogP contribution in [0.3, 0.4) is 0 Å². The van der Waals surface area contributed by atoms with Gasteiger partial charge >= 0.3 is 6.09 Å². The Morgan fingerprint density at radius 1 is 1.41 bits per heavy atom. The number of rotatable bonds is 6. The van der Waals surface area contributed by atoms with Gasteiger partial charge in [0.05, 0.1) is 0 Å².